The molecule has 0 spiro atoms. The maximum atomic E-state index is 12.6. The highest BCUT2D eigenvalue weighted by molar-refractivity contribution is 7.00. The summed E-state index contributed by atoms with van der Waals surface area (Å²) in [7, 11) is -1.68. The summed E-state index contributed by atoms with van der Waals surface area (Å²) >= 11 is 0. The first-order valence-electron chi connectivity index (χ1n) is 8.41. The number of benzene rings is 2. The minimum absolute atomic E-state index is 0.315. The van der Waals surface area contributed by atoms with Crippen LogP contribution in [0.4, 0.5) is 0 Å². The molecule has 0 saturated heterocycles. The highest BCUT2D eigenvalue weighted by atomic mass is 28.4. The summed E-state index contributed by atoms with van der Waals surface area (Å²) < 4.78 is 10.7. The average molecular weight is 369 g/mol. The lowest BCUT2D eigenvalue weighted by atomic mass is 10.2. The average Bonchev–Trinajstić information content (AvgIpc) is 2.64. The minimum Gasteiger partial charge on any atom is -0.506 e. The van der Waals surface area contributed by atoms with Crippen LogP contribution in [-0.2, 0) is 18.8 Å². The minimum atomic E-state index is -2.95. The van der Waals surface area contributed by atoms with Crippen LogP contribution in [0.5, 0.6) is 0 Å². The third-order valence-electron chi connectivity index (χ3n) is 4.23. The fourth-order valence-corrected chi connectivity index (χ4v) is 7.34. The molecule has 0 amide bonds. The van der Waals surface area contributed by atoms with Crippen molar-refractivity contribution in [1.29, 1.82) is 0 Å². The van der Waals surface area contributed by atoms with Crippen LogP contribution in [0, 0.1) is 0 Å². The van der Waals surface area contributed by atoms with E-state index in [1.54, 1.807) is 0 Å². The number of ether oxygens (including phenoxy) is 1. The van der Waals surface area contributed by atoms with Crippen LogP contribution in [0.25, 0.3) is 0 Å². The van der Waals surface area contributed by atoms with Crippen molar-refractivity contribution in [2.45, 2.75) is 25.8 Å². The molecular formula is C21H24O4Si. The van der Waals surface area contributed by atoms with Crippen molar-refractivity contribution in [3.8, 4) is 0 Å². The molecule has 0 unspecified atom stereocenters. The monoisotopic (exact) mass is 368 g/mol. The molecule has 0 saturated carbocycles. The zero-order valence-corrected chi connectivity index (χ0v) is 16.6. The van der Waals surface area contributed by atoms with Crippen LogP contribution in [0.3, 0.4) is 0 Å². The molecule has 0 N–H and O–H groups in total. The normalized spacial score (nSPS) is 12.0. The molecule has 0 aliphatic rings. The van der Waals surface area contributed by atoms with E-state index in [1.165, 1.54) is 7.11 Å². The molecule has 4 nitrogen and oxygen atoms in total. The smallest absolute Gasteiger partial charge is 0.330 e. The maximum Gasteiger partial charge on any atom is 0.330 e. The summed E-state index contributed by atoms with van der Waals surface area (Å²) in [6.45, 7) is 6.24. The second kappa shape index (κ2) is 8.14. The Balaban J connectivity index is 2.59. The third-order valence-corrected chi connectivity index (χ3v) is 9.14. The number of hydrogen-bond acceptors (Lipinski definition) is 4. The number of methoxy groups -OCH3 is 1. The van der Waals surface area contributed by atoms with E-state index in [9.17, 15) is 9.59 Å². The number of hydrogen-bond donors (Lipinski definition) is 0. The zero-order valence-electron chi connectivity index (χ0n) is 15.6. The van der Waals surface area contributed by atoms with Crippen molar-refractivity contribution >= 4 is 30.6 Å². The first-order valence-corrected chi connectivity index (χ1v) is 10.3. The molecular weight excluding hydrogens is 344 g/mol. The Morgan fingerprint density at radius 1 is 0.808 bits per heavy atom. The SMILES string of the molecule is COC(=O)C=CC(=O)O[Si](c1ccccc1)(c1ccccc1)C(C)(C)C. The van der Waals surface area contributed by atoms with E-state index in [1.807, 2.05) is 60.7 Å². The summed E-state index contributed by atoms with van der Waals surface area (Å²) in [5.74, 6) is -1.14. The largest absolute Gasteiger partial charge is 0.506 e. The molecule has 0 fully saturated rings. The van der Waals surface area contributed by atoms with E-state index in [2.05, 4.69) is 25.5 Å². The number of rotatable bonds is 5. The Bertz CT molecular complexity index is 737. The molecule has 0 aliphatic heterocycles. The van der Waals surface area contributed by atoms with Gasteiger partial charge in [-0.1, -0.05) is 81.4 Å². The van der Waals surface area contributed by atoms with Crippen molar-refractivity contribution in [3.05, 3.63) is 72.8 Å². The van der Waals surface area contributed by atoms with Gasteiger partial charge in [-0.05, 0) is 15.4 Å². The lowest BCUT2D eigenvalue weighted by Gasteiger charge is -2.41. The van der Waals surface area contributed by atoms with Gasteiger partial charge in [-0.15, -0.1) is 0 Å². The fraction of sp³-hybridized carbons (Fsp3) is 0.238. The predicted octanol–water partition coefficient (Wildman–Crippen LogP) is 2.82. The number of carbonyl (C=O) groups is 2. The maximum absolute atomic E-state index is 12.6. The van der Waals surface area contributed by atoms with Crippen molar-refractivity contribution in [2.24, 2.45) is 0 Å². The summed E-state index contributed by atoms with van der Waals surface area (Å²) in [5, 5.41) is 1.68. The Morgan fingerprint density at radius 3 is 1.62 bits per heavy atom. The van der Waals surface area contributed by atoms with Gasteiger partial charge in [-0.25, -0.2) is 9.59 Å². The van der Waals surface area contributed by atoms with Crippen LogP contribution in [-0.4, -0.2) is 27.4 Å². The van der Waals surface area contributed by atoms with E-state index in [0.717, 1.165) is 22.5 Å². The van der Waals surface area contributed by atoms with Gasteiger partial charge >= 0.3 is 20.3 Å². The molecule has 0 heterocycles. The molecule has 2 aromatic carbocycles. The zero-order chi connectivity index (χ0) is 19.2. The van der Waals surface area contributed by atoms with Crippen molar-refractivity contribution in [2.75, 3.05) is 7.11 Å². The van der Waals surface area contributed by atoms with Gasteiger partial charge in [0.25, 0.3) is 0 Å². The molecule has 2 aromatic rings. The summed E-state index contributed by atoms with van der Waals surface area (Å²) in [6.07, 6.45) is 2.21. The Hall–Kier alpha value is -2.66. The highest BCUT2D eigenvalue weighted by Gasteiger charge is 2.52. The standard InChI is InChI=1S/C21H24O4Si/c1-21(2,3)26(17-11-7-5-8-12-17,18-13-9-6-10-14-18)25-20(23)16-15-19(22)24-4/h5-16H,1-4H3. The van der Waals surface area contributed by atoms with Crippen LogP contribution in [0.1, 0.15) is 20.8 Å². The Labute approximate surface area is 155 Å². The summed E-state index contributed by atoms with van der Waals surface area (Å²) in [4.78, 5) is 23.9. The lowest BCUT2D eigenvalue weighted by molar-refractivity contribution is -0.136. The van der Waals surface area contributed by atoms with Gasteiger partial charge in [0.05, 0.1) is 7.11 Å². The predicted molar refractivity (Wildman–Crippen MR) is 105 cm³/mol. The van der Waals surface area contributed by atoms with Gasteiger partial charge in [0.2, 0.25) is 0 Å². The van der Waals surface area contributed by atoms with Crippen molar-refractivity contribution < 1.29 is 18.8 Å². The topological polar surface area (TPSA) is 52.6 Å². The summed E-state index contributed by atoms with van der Waals surface area (Å²) in [6, 6.07) is 19.7. The van der Waals surface area contributed by atoms with Gasteiger partial charge in [0.1, 0.15) is 0 Å². The van der Waals surface area contributed by atoms with Crippen molar-refractivity contribution in [3.63, 3.8) is 0 Å². The summed E-state index contributed by atoms with van der Waals surface area (Å²) in [5.41, 5.74) is 0. The molecule has 5 heteroatoms. The van der Waals surface area contributed by atoms with Crippen LogP contribution >= 0.6 is 0 Å². The van der Waals surface area contributed by atoms with Gasteiger partial charge < -0.3 is 9.16 Å². The fourth-order valence-electron chi connectivity index (χ4n) is 3.04. The van der Waals surface area contributed by atoms with Crippen LogP contribution in [0.15, 0.2) is 72.8 Å². The second-order valence-corrected chi connectivity index (χ2v) is 11.2. The molecule has 0 aliphatic carbocycles. The molecule has 0 atom stereocenters. The quantitative estimate of drug-likeness (QED) is 0.463. The van der Waals surface area contributed by atoms with E-state index in [4.69, 9.17) is 4.43 Å². The number of esters is 1. The van der Waals surface area contributed by atoms with Gasteiger partial charge in [0.15, 0.2) is 0 Å². The molecule has 136 valence electrons. The van der Waals surface area contributed by atoms with E-state index in [0.29, 0.717) is 0 Å². The van der Waals surface area contributed by atoms with Gasteiger partial charge in [-0.2, -0.15) is 0 Å². The highest BCUT2D eigenvalue weighted by Crippen LogP contribution is 2.36. The third kappa shape index (κ3) is 4.11. The van der Waals surface area contributed by atoms with Crippen LogP contribution in [0.2, 0.25) is 5.04 Å². The van der Waals surface area contributed by atoms with Gasteiger partial charge in [-0.3, -0.25) is 0 Å². The van der Waals surface area contributed by atoms with Crippen LogP contribution < -0.4 is 10.4 Å². The molecule has 0 aromatic heterocycles. The first kappa shape index (κ1) is 19.7. The van der Waals surface area contributed by atoms with Crippen molar-refractivity contribution in [1.82, 2.24) is 0 Å². The molecule has 2 rings (SSSR count). The first-order chi connectivity index (χ1) is 12.3. The van der Waals surface area contributed by atoms with E-state index < -0.39 is 20.3 Å². The number of carbonyl (C=O) groups excluding carboxylic acids is 2. The Morgan fingerprint density at radius 2 is 1.23 bits per heavy atom. The molecule has 0 bridgehead atoms. The van der Waals surface area contributed by atoms with E-state index in [-0.39, 0.29) is 5.04 Å². The lowest BCUT2D eigenvalue weighted by Crippen LogP contribution is -2.67. The molecule has 26 heavy (non-hydrogen) atoms. The van der Waals surface area contributed by atoms with E-state index >= 15 is 0 Å². The second-order valence-electron chi connectivity index (χ2n) is 6.94. The van der Waals surface area contributed by atoms with Gasteiger partial charge in [0, 0.05) is 12.2 Å². The molecule has 0 radical (unpaired) electrons. The Kier molecular flexibility index (Phi) is 6.16.